The predicted molar refractivity (Wildman–Crippen MR) is 164 cm³/mol. The van der Waals surface area contributed by atoms with Crippen LogP contribution in [0.3, 0.4) is 0 Å². The molecule has 0 N–H and O–H groups in total. The summed E-state index contributed by atoms with van der Waals surface area (Å²) in [4.78, 5) is 35.6. The molecule has 9 rings (SSSR count). The topological polar surface area (TPSA) is 49.7 Å². The van der Waals surface area contributed by atoms with E-state index in [1.165, 1.54) is 4.90 Å². The van der Waals surface area contributed by atoms with Crippen LogP contribution in [0.5, 0.6) is 0 Å². The van der Waals surface area contributed by atoms with Crippen molar-refractivity contribution in [3.8, 4) is 0 Å². The van der Waals surface area contributed by atoms with Crippen LogP contribution >= 0.6 is 23.2 Å². The van der Waals surface area contributed by atoms with Crippen LogP contribution < -0.4 is 4.90 Å². The normalized spacial score (nSPS) is 24.1. The number of anilines is 1. The molecule has 2 atom stereocenters. The molecule has 1 saturated heterocycles. The van der Waals surface area contributed by atoms with Gasteiger partial charge in [0.15, 0.2) is 0 Å². The number of nitrogens with zero attached hydrogens (tertiary/aromatic N) is 2. The number of carbonyl (C=O) groups is 2. The molecule has 4 nitrogen and oxygen atoms in total. The van der Waals surface area contributed by atoms with Crippen molar-refractivity contribution < 1.29 is 9.59 Å². The minimum Gasteiger partial charge on any atom is -0.274 e. The fourth-order valence-electron chi connectivity index (χ4n) is 7.43. The number of carbonyl (C=O) groups excluding carboxylic acids is 2. The van der Waals surface area contributed by atoms with Crippen molar-refractivity contribution in [2.45, 2.75) is 11.3 Å². The standard InChI is InChI=1S/C35H22Cl2N2O2/c36-27-17-16-21(18-28(27)37)38-19-35-25-13-5-3-11-23(25)30(24-12-4-6-14-26(24)35)31-32(35)34(41)39(33(31)40)29-15-7-9-20-8-1-2-10-22(20)29/h1-19,30-32H/t30?,31-,32-,35?/m0/s1. The Morgan fingerprint density at radius 2 is 1.37 bits per heavy atom. The van der Waals surface area contributed by atoms with E-state index in [-0.39, 0.29) is 17.7 Å². The third kappa shape index (κ3) is 3.26. The number of amides is 2. The van der Waals surface area contributed by atoms with Gasteiger partial charge in [-0.15, -0.1) is 0 Å². The van der Waals surface area contributed by atoms with E-state index in [1.807, 2.05) is 72.9 Å². The van der Waals surface area contributed by atoms with Crippen molar-refractivity contribution in [2.24, 2.45) is 16.8 Å². The van der Waals surface area contributed by atoms with Crippen LogP contribution in [0.25, 0.3) is 10.8 Å². The highest BCUT2D eigenvalue weighted by atomic mass is 35.5. The van der Waals surface area contributed by atoms with Crippen molar-refractivity contribution in [3.05, 3.63) is 141 Å². The first kappa shape index (κ1) is 24.5. The van der Waals surface area contributed by atoms with E-state index in [2.05, 4.69) is 24.3 Å². The third-order valence-electron chi connectivity index (χ3n) is 9.01. The second-order valence-electron chi connectivity index (χ2n) is 10.9. The van der Waals surface area contributed by atoms with Crippen molar-refractivity contribution >= 4 is 63.4 Å². The number of fused-ring (bicyclic) bond motifs is 1. The maximum atomic E-state index is 14.7. The molecule has 5 aromatic rings. The summed E-state index contributed by atoms with van der Waals surface area (Å²) in [5.74, 6) is -1.82. The number of hydrogen-bond donors (Lipinski definition) is 0. The SMILES string of the molecule is O=C1[C@@H]2[C@@H](C(=O)N1c1cccc3ccccc13)C1c3ccccc3C2(C=Nc2ccc(Cl)c(Cl)c2)c2ccccc21. The van der Waals surface area contributed by atoms with E-state index >= 15 is 0 Å². The van der Waals surface area contributed by atoms with Crippen molar-refractivity contribution in [3.63, 3.8) is 0 Å². The zero-order valence-electron chi connectivity index (χ0n) is 21.7. The lowest BCUT2D eigenvalue weighted by molar-refractivity contribution is -0.122. The molecular formula is C35H22Cl2N2O2. The van der Waals surface area contributed by atoms with Crippen LogP contribution in [0.4, 0.5) is 11.4 Å². The molecule has 0 aromatic heterocycles. The molecule has 0 spiro atoms. The molecule has 2 bridgehead atoms. The number of rotatable bonds is 3. The monoisotopic (exact) mass is 572 g/mol. The fourth-order valence-corrected chi connectivity index (χ4v) is 7.72. The van der Waals surface area contributed by atoms with Gasteiger partial charge in [-0.2, -0.15) is 0 Å². The van der Waals surface area contributed by atoms with E-state index in [0.717, 1.165) is 33.0 Å². The van der Waals surface area contributed by atoms with Gasteiger partial charge in [-0.3, -0.25) is 14.6 Å². The van der Waals surface area contributed by atoms with Crippen LogP contribution in [0.15, 0.2) is 114 Å². The largest absolute Gasteiger partial charge is 0.274 e. The summed E-state index contributed by atoms with van der Waals surface area (Å²) in [6, 6.07) is 35.2. The molecule has 3 aliphatic carbocycles. The first-order valence-corrected chi connectivity index (χ1v) is 14.3. The first-order chi connectivity index (χ1) is 20.0. The van der Waals surface area contributed by atoms with Gasteiger partial charge in [0.2, 0.25) is 11.8 Å². The minimum absolute atomic E-state index is 0.169. The van der Waals surface area contributed by atoms with Gasteiger partial charge in [-0.1, -0.05) is 108 Å². The summed E-state index contributed by atoms with van der Waals surface area (Å²) >= 11 is 12.5. The quantitative estimate of drug-likeness (QED) is 0.162. The van der Waals surface area contributed by atoms with Gasteiger partial charge in [-0.05, 0) is 51.9 Å². The Balaban J connectivity index is 1.40. The number of imide groups is 1. The van der Waals surface area contributed by atoms with E-state index in [4.69, 9.17) is 28.2 Å². The number of benzene rings is 5. The van der Waals surface area contributed by atoms with Gasteiger partial charge in [0.1, 0.15) is 0 Å². The first-order valence-electron chi connectivity index (χ1n) is 13.6. The second-order valence-corrected chi connectivity index (χ2v) is 11.7. The lowest BCUT2D eigenvalue weighted by atomic mass is 9.47. The summed E-state index contributed by atoms with van der Waals surface area (Å²) in [5.41, 5.74) is 4.43. The molecule has 0 unspecified atom stereocenters. The number of aliphatic imine (C=N–C) groups is 1. The molecule has 4 aliphatic rings. The molecular weight excluding hydrogens is 551 g/mol. The molecule has 1 fully saturated rings. The molecule has 5 aromatic carbocycles. The zero-order valence-corrected chi connectivity index (χ0v) is 23.2. The highest BCUT2D eigenvalue weighted by Gasteiger charge is 2.68. The van der Waals surface area contributed by atoms with Crippen molar-refractivity contribution in [2.75, 3.05) is 4.90 Å². The molecule has 41 heavy (non-hydrogen) atoms. The van der Waals surface area contributed by atoms with Crippen LogP contribution in [-0.4, -0.2) is 18.0 Å². The fraction of sp³-hybridized carbons (Fsp3) is 0.114. The number of halogens is 2. The Bertz CT molecular complexity index is 1910. The van der Waals surface area contributed by atoms with Gasteiger partial charge >= 0.3 is 0 Å². The van der Waals surface area contributed by atoms with Crippen molar-refractivity contribution in [1.82, 2.24) is 0 Å². The predicted octanol–water partition coefficient (Wildman–Crippen LogP) is 8.10. The smallest absolute Gasteiger partial charge is 0.239 e. The van der Waals surface area contributed by atoms with Gasteiger partial charge < -0.3 is 0 Å². The average molecular weight is 573 g/mol. The Morgan fingerprint density at radius 3 is 2.10 bits per heavy atom. The summed E-state index contributed by atoms with van der Waals surface area (Å²) in [6.45, 7) is 0. The lowest BCUT2D eigenvalue weighted by Crippen LogP contribution is -2.54. The Hall–Kier alpha value is -4.25. The van der Waals surface area contributed by atoms with Crippen LogP contribution in [0.1, 0.15) is 28.2 Å². The van der Waals surface area contributed by atoms with E-state index in [1.54, 1.807) is 18.2 Å². The highest BCUT2D eigenvalue weighted by Crippen LogP contribution is 2.64. The maximum Gasteiger partial charge on any atom is 0.239 e. The van der Waals surface area contributed by atoms with E-state index < -0.39 is 17.3 Å². The highest BCUT2D eigenvalue weighted by molar-refractivity contribution is 6.42. The van der Waals surface area contributed by atoms with Gasteiger partial charge in [-0.25, -0.2) is 4.90 Å². The van der Waals surface area contributed by atoms with E-state index in [9.17, 15) is 9.59 Å². The maximum absolute atomic E-state index is 14.7. The molecule has 0 saturated carbocycles. The Labute approximate surface area is 246 Å². The summed E-state index contributed by atoms with van der Waals surface area (Å²) in [5, 5.41) is 2.70. The third-order valence-corrected chi connectivity index (χ3v) is 9.75. The molecule has 2 amide bonds. The Morgan fingerprint density at radius 1 is 0.707 bits per heavy atom. The molecule has 1 heterocycles. The van der Waals surface area contributed by atoms with E-state index in [0.29, 0.717) is 21.4 Å². The average Bonchev–Trinajstić information content (AvgIpc) is 3.28. The number of hydrogen-bond acceptors (Lipinski definition) is 3. The lowest BCUT2D eigenvalue weighted by Gasteiger charge is -2.52. The Kier molecular flexibility index (Phi) is 5.31. The van der Waals surface area contributed by atoms with Crippen molar-refractivity contribution in [1.29, 1.82) is 0 Å². The molecule has 6 heteroatoms. The molecule has 0 radical (unpaired) electrons. The van der Waals surface area contributed by atoms with Crippen LogP contribution in [0.2, 0.25) is 10.0 Å². The van der Waals surface area contributed by atoms with Crippen LogP contribution in [-0.2, 0) is 15.0 Å². The molecule has 1 aliphatic heterocycles. The summed E-state index contributed by atoms with van der Waals surface area (Å²) < 4.78 is 0. The van der Waals surface area contributed by atoms with Gasteiger partial charge in [0, 0.05) is 17.5 Å². The molecule has 198 valence electrons. The van der Waals surface area contributed by atoms with Crippen LogP contribution in [0, 0.1) is 11.8 Å². The zero-order chi connectivity index (χ0) is 27.9. The summed E-state index contributed by atoms with van der Waals surface area (Å²) in [7, 11) is 0. The minimum atomic E-state index is -0.954. The van der Waals surface area contributed by atoms with Gasteiger partial charge in [0.05, 0.1) is 38.7 Å². The van der Waals surface area contributed by atoms with Gasteiger partial charge in [0.25, 0.3) is 0 Å². The second kappa shape index (κ2) is 8.87. The summed E-state index contributed by atoms with van der Waals surface area (Å²) in [6.07, 6.45) is 1.87.